The number of carbonyl (C=O) groups excluding carboxylic acids is 2. The van der Waals surface area contributed by atoms with E-state index in [0.29, 0.717) is 23.6 Å². The summed E-state index contributed by atoms with van der Waals surface area (Å²) < 4.78 is 0. The molecule has 6 heteroatoms. The van der Waals surface area contributed by atoms with E-state index in [0.717, 1.165) is 21.7 Å². The van der Waals surface area contributed by atoms with E-state index in [9.17, 15) is 9.59 Å². The third kappa shape index (κ3) is 6.61. The summed E-state index contributed by atoms with van der Waals surface area (Å²) in [6.45, 7) is 3.86. The summed E-state index contributed by atoms with van der Waals surface area (Å²) in [6, 6.07) is 22.7. The van der Waals surface area contributed by atoms with Crippen molar-refractivity contribution >= 4 is 46.6 Å². The first kappa shape index (κ1) is 22.9. The molecular weight excluding hydrogens is 428 g/mol. The zero-order chi connectivity index (χ0) is 22.2. The molecule has 2 amide bonds. The molecule has 0 spiro atoms. The van der Waals surface area contributed by atoms with Crippen LogP contribution in [0.2, 0.25) is 5.02 Å². The molecule has 0 radical (unpaired) electrons. The monoisotopic (exact) mass is 452 g/mol. The van der Waals surface area contributed by atoms with Crippen molar-refractivity contribution in [1.82, 2.24) is 0 Å². The Kier molecular flexibility index (Phi) is 8.15. The Morgan fingerprint density at radius 1 is 0.968 bits per heavy atom. The third-order valence-electron chi connectivity index (χ3n) is 4.79. The van der Waals surface area contributed by atoms with Crippen molar-refractivity contribution in [2.75, 3.05) is 10.6 Å². The molecule has 0 aliphatic carbocycles. The van der Waals surface area contributed by atoms with Crippen LogP contribution in [0.5, 0.6) is 0 Å². The minimum Gasteiger partial charge on any atom is -0.326 e. The van der Waals surface area contributed by atoms with Gasteiger partial charge in [0, 0.05) is 21.3 Å². The number of hydrogen-bond donors (Lipinski definition) is 2. The average Bonchev–Trinajstić information content (AvgIpc) is 2.76. The van der Waals surface area contributed by atoms with Crippen LogP contribution in [0, 0.1) is 6.92 Å². The van der Waals surface area contributed by atoms with Gasteiger partial charge in [-0.05, 0) is 54.8 Å². The van der Waals surface area contributed by atoms with Crippen molar-refractivity contribution in [3.63, 3.8) is 0 Å². The number of benzene rings is 3. The van der Waals surface area contributed by atoms with Gasteiger partial charge >= 0.3 is 0 Å². The van der Waals surface area contributed by atoms with Crippen LogP contribution in [0.4, 0.5) is 11.4 Å². The van der Waals surface area contributed by atoms with Crippen LogP contribution in [0.1, 0.15) is 24.5 Å². The number of carbonyl (C=O) groups is 2. The molecule has 0 heterocycles. The van der Waals surface area contributed by atoms with Crippen LogP contribution >= 0.6 is 23.4 Å². The SMILES string of the molecule is CCC(Sc1cccc(NC(=O)Cc2ccccc2)c1)C(=O)Nc1cccc(Cl)c1C. The van der Waals surface area contributed by atoms with Gasteiger partial charge in [0.15, 0.2) is 0 Å². The van der Waals surface area contributed by atoms with E-state index in [4.69, 9.17) is 11.6 Å². The number of amides is 2. The highest BCUT2D eigenvalue weighted by molar-refractivity contribution is 8.00. The molecule has 3 aromatic carbocycles. The third-order valence-corrected chi connectivity index (χ3v) is 6.56. The summed E-state index contributed by atoms with van der Waals surface area (Å²) in [5, 5.41) is 6.27. The fraction of sp³-hybridized carbons (Fsp3) is 0.200. The van der Waals surface area contributed by atoms with Crippen molar-refractivity contribution < 1.29 is 9.59 Å². The molecule has 0 bridgehead atoms. The fourth-order valence-electron chi connectivity index (χ4n) is 3.08. The molecule has 0 saturated carbocycles. The van der Waals surface area contributed by atoms with Crippen LogP contribution in [-0.4, -0.2) is 17.1 Å². The molecule has 4 nitrogen and oxygen atoms in total. The van der Waals surface area contributed by atoms with Gasteiger partial charge in [-0.1, -0.05) is 61.0 Å². The van der Waals surface area contributed by atoms with Crippen LogP contribution in [0.25, 0.3) is 0 Å². The van der Waals surface area contributed by atoms with Crippen molar-refractivity contribution in [3.8, 4) is 0 Å². The Balaban J connectivity index is 1.63. The van der Waals surface area contributed by atoms with Gasteiger partial charge in [-0.15, -0.1) is 11.8 Å². The standard InChI is InChI=1S/C25H25ClN2O2S/c1-3-23(25(30)28-22-14-8-13-21(26)17(22)2)31-20-12-7-11-19(16-20)27-24(29)15-18-9-5-4-6-10-18/h4-14,16,23H,3,15H2,1-2H3,(H,27,29)(H,28,30). The van der Waals surface area contributed by atoms with E-state index in [1.54, 1.807) is 6.07 Å². The fourth-order valence-corrected chi connectivity index (χ4v) is 4.26. The van der Waals surface area contributed by atoms with E-state index in [-0.39, 0.29) is 17.1 Å². The summed E-state index contributed by atoms with van der Waals surface area (Å²) in [5.41, 5.74) is 3.25. The molecule has 3 aromatic rings. The molecular formula is C25H25ClN2O2S. The van der Waals surface area contributed by atoms with Crippen LogP contribution < -0.4 is 10.6 Å². The van der Waals surface area contributed by atoms with Crippen LogP contribution in [-0.2, 0) is 16.0 Å². The first-order chi connectivity index (χ1) is 15.0. The highest BCUT2D eigenvalue weighted by Crippen LogP contribution is 2.30. The minimum atomic E-state index is -0.270. The highest BCUT2D eigenvalue weighted by Gasteiger charge is 2.19. The molecule has 1 atom stereocenters. The zero-order valence-electron chi connectivity index (χ0n) is 17.5. The average molecular weight is 453 g/mol. The van der Waals surface area contributed by atoms with E-state index in [2.05, 4.69) is 10.6 Å². The van der Waals surface area contributed by atoms with Gasteiger partial charge in [0.2, 0.25) is 11.8 Å². The normalized spacial score (nSPS) is 11.6. The van der Waals surface area contributed by atoms with Gasteiger partial charge in [-0.3, -0.25) is 9.59 Å². The summed E-state index contributed by atoms with van der Waals surface area (Å²) >= 11 is 7.63. The minimum absolute atomic E-state index is 0.0728. The molecule has 0 aliphatic rings. The number of rotatable bonds is 8. The molecule has 2 N–H and O–H groups in total. The van der Waals surface area contributed by atoms with E-state index in [1.807, 2.05) is 80.6 Å². The summed E-state index contributed by atoms with van der Waals surface area (Å²) in [7, 11) is 0. The summed E-state index contributed by atoms with van der Waals surface area (Å²) in [6.07, 6.45) is 0.984. The second kappa shape index (κ2) is 11.0. The highest BCUT2D eigenvalue weighted by atomic mass is 35.5. The molecule has 0 saturated heterocycles. The predicted molar refractivity (Wildman–Crippen MR) is 130 cm³/mol. The van der Waals surface area contributed by atoms with Crippen molar-refractivity contribution in [1.29, 1.82) is 0 Å². The molecule has 160 valence electrons. The molecule has 0 fully saturated rings. The van der Waals surface area contributed by atoms with Gasteiger partial charge in [0.05, 0.1) is 11.7 Å². The zero-order valence-corrected chi connectivity index (χ0v) is 19.1. The quantitative estimate of drug-likeness (QED) is 0.392. The predicted octanol–water partition coefficient (Wildman–Crippen LogP) is 6.34. The first-order valence-electron chi connectivity index (χ1n) is 10.1. The van der Waals surface area contributed by atoms with E-state index in [1.165, 1.54) is 11.8 Å². The smallest absolute Gasteiger partial charge is 0.237 e. The number of hydrogen-bond acceptors (Lipinski definition) is 3. The Labute approximate surface area is 192 Å². The van der Waals surface area contributed by atoms with Gasteiger partial charge in [-0.2, -0.15) is 0 Å². The largest absolute Gasteiger partial charge is 0.326 e. The van der Waals surface area contributed by atoms with Crippen molar-refractivity contribution in [2.24, 2.45) is 0 Å². The topological polar surface area (TPSA) is 58.2 Å². The number of anilines is 2. The lowest BCUT2D eigenvalue weighted by atomic mass is 10.1. The van der Waals surface area contributed by atoms with Crippen molar-refractivity contribution in [2.45, 2.75) is 36.8 Å². The molecule has 31 heavy (non-hydrogen) atoms. The van der Waals surface area contributed by atoms with E-state index < -0.39 is 0 Å². The number of thioether (sulfide) groups is 1. The number of halogens is 1. The van der Waals surface area contributed by atoms with Gasteiger partial charge in [-0.25, -0.2) is 0 Å². The van der Waals surface area contributed by atoms with Gasteiger partial charge in [0.1, 0.15) is 0 Å². The lowest BCUT2D eigenvalue weighted by molar-refractivity contribution is -0.116. The maximum absolute atomic E-state index is 12.8. The Morgan fingerprint density at radius 2 is 1.71 bits per heavy atom. The van der Waals surface area contributed by atoms with Gasteiger partial charge < -0.3 is 10.6 Å². The maximum Gasteiger partial charge on any atom is 0.237 e. The lowest BCUT2D eigenvalue weighted by Crippen LogP contribution is -2.25. The number of nitrogens with one attached hydrogen (secondary N) is 2. The Hall–Kier alpha value is -2.76. The summed E-state index contributed by atoms with van der Waals surface area (Å²) in [4.78, 5) is 26.1. The molecule has 0 aliphatic heterocycles. The molecule has 3 rings (SSSR count). The van der Waals surface area contributed by atoms with Gasteiger partial charge in [0.25, 0.3) is 0 Å². The lowest BCUT2D eigenvalue weighted by Gasteiger charge is -2.17. The van der Waals surface area contributed by atoms with Crippen LogP contribution in [0.15, 0.2) is 77.7 Å². The Morgan fingerprint density at radius 3 is 2.45 bits per heavy atom. The molecule has 1 unspecified atom stereocenters. The first-order valence-corrected chi connectivity index (χ1v) is 11.4. The summed E-state index contributed by atoms with van der Waals surface area (Å²) in [5.74, 6) is -0.147. The van der Waals surface area contributed by atoms with Crippen LogP contribution in [0.3, 0.4) is 0 Å². The maximum atomic E-state index is 12.8. The van der Waals surface area contributed by atoms with Crippen molar-refractivity contribution in [3.05, 3.63) is 88.9 Å². The second-order valence-corrected chi connectivity index (χ2v) is 8.84. The molecule has 0 aromatic heterocycles. The Bertz CT molecular complexity index is 1060. The second-order valence-electron chi connectivity index (χ2n) is 7.15. The van der Waals surface area contributed by atoms with E-state index >= 15 is 0 Å².